The molecule has 0 radical (unpaired) electrons. The molecule has 0 spiro atoms. The lowest BCUT2D eigenvalue weighted by atomic mass is 9.91. The summed E-state index contributed by atoms with van der Waals surface area (Å²) in [6.45, 7) is 3.86. The quantitative estimate of drug-likeness (QED) is 0.840. The van der Waals surface area contributed by atoms with E-state index in [1.807, 2.05) is 44.2 Å². The molecule has 2 aromatic rings. The third kappa shape index (κ3) is 3.29. The Bertz CT molecular complexity index is 780. The minimum Gasteiger partial charge on any atom is -0.394 e. The van der Waals surface area contributed by atoms with E-state index in [1.165, 1.54) is 12.1 Å². The van der Waals surface area contributed by atoms with E-state index in [4.69, 9.17) is 0 Å². The molecule has 0 saturated heterocycles. The highest BCUT2D eigenvalue weighted by molar-refractivity contribution is 5.80. The molecule has 5 heteroatoms. The van der Waals surface area contributed by atoms with Gasteiger partial charge in [0.2, 0.25) is 0 Å². The molecule has 1 heterocycles. The van der Waals surface area contributed by atoms with Crippen molar-refractivity contribution in [3.63, 3.8) is 0 Å². The topological polar surface area (TPSA) is 23.5 Å². The van der Waals surface area contributed by atoms with Crippen LogP contribution in [0.2, 0.25) is 0 Å². The highest BCUT2D eigenvalue weighted by atomic mass is 19.4. The van der Waals surface area contributed by atoms with Gasteiger partial charge in [-0.3, -0.25) is 0 Å². The number of para-hydroxylation sites is 1. The Morgan fingerprint density at radius 2 is 1.72 bits per heavy atom. The summed E-state index contributed by atoms with van der Waals surface area (Å²) in [6.07, 6.45) is -2.31. The molecule has 25 heavy (non-hydrogen) atoms. The van der Waals surface area contributed by atoms with Crippen molar-refractivity contribution in [1.82, 2.24) is 0 Å². The Balaban J connectivity index is 2.06. The molecule has 2 aromatic carbocycles. The first-order valence-corrected chi connectivity index (χ1v) is 8.17. The minimum absolute atomic E-state index is 0.0433. The molecule has 2 nitrogen and oxygen atoms in total. The lowest BCUT2D eigenvalue weighted by molar-refractivity contribution is -0.137. The number of halogens is 3. The van der Waals surface area contributed by atoms with E-state index < -0.39 is 11.7 Å². The predicted octanol–water partition coefficient (Wildman–Crippen LogP) is 5.05. The number of nitrogens with zero attached hydrogens (tertiary/aromatic N) is 1. The van der Waals surface area contributed by atoms with Crippen LogP contribution in [0.5, 0.6) is 0 Å². The summed E-state index contributed by atoms with van der Waals surface area (Å²) >= 11 is 0. The third-order valence-corrected chi connectivity index (χ3v) is 4.63. The van der Waals surface area contributed by atoms with Gasteiger partial charge in [-0.2, -0.15) is 13.2 Å². The number of hydrogen-bond donors (Lipinski definition) is 1. The van der Waals surface area contributed by atoms with Crippen molar-refractivity contribution in [3.8, 4) is 0 Å². The second-order valence-corrected chi connectivity index (χ2v) is 6.37. The van der Waals surface area contributed by atoms with E-state index in [9.17, 15) is 18.3 Å². The predicted molar refractivity (Wildman–Crippen MR) is 93.3 cm³/mol. The molecule has 2 atom stereocenters. The maximum atomic E-state index is 12.8. The number of fused-ring (bicyclic) bond motifs is 1. The summed E-state index contributed by atoms with van der Waals surface area (Å²) in [7, 11) is 0. The van der Waals surface area contributed by atoms with E-state index in [-0.39, 0.29) is 18.7 Å². The lowest BCUT2D eigenvalue weighted by Crippen LogP contribution is -2.40. The van der Waals surface area contributed by atoms with Crippen LogP contribution in [-0.4, -0.2) is 17.8 Å². The fourth-order valence-electron chi connectivity index (χ4n) is 3.31. The van der Waals surface area contributed by atoms with E-state index >= 15 is 0 Å². The van der Waals surface area contributed by atoms with Gasteiger partial charge in [0.25, 0.3) is 0 Å². The molecular formula is C20H20F3NO. The van der Waals surface area contributed by atoms with Crippen molar-refractivity contribution < 1.29 is 18.3 Å². The van der Waals surface area contributed by atoms with E-state index in [0.29, 0.717) is 0 Å². The van der Waals surface area contributed by atoms with E-state index in [2.05, 4.69) is 4.90 Å². The summed E-state index contributed by atoms with van der Waals surface area (Å²) in [6, 6.07) is 12.7. The lowest BCUT2D eigenvalue weighted by Gasteiger charge is -2.41. The van der Waals surface area contributed by atoms with Crippen molar-refractivity contribution >= 4 is 11.3 Å². The fraction of sp³-hybridized carbons (Fsp3) is 0.300. The van der Waals surface area contributed by atoms with Gasteiger partial charge >= 0.3 is 6.18 Å². The summed E-state index contributed by atoms with van der Waals surface area (Å²) < 4.78 is 38.5. The molecule has 1 aliphatic rings. The first-order valence-electron chi connectivity index (χ1n) is 8.17. The zero-order chi connectivity index (χ0) is 18.2. The number of alkyl halides is 3. The normalized spacial score (nSPS) is 18.6. The van der Waals surface area contributed by atoms with Crippen molar-refractivity contribution in [3.05, 3.63) is 71.3 Å². The number of benzene rings is 2. The maximum absolute atomic E-state index is 12.8. The average molecular weight is 347 g/mol. The van der Waals surface area contributed by atoms with Crippen molar-refractivity contribution in [2.75, 3.05) is 11.5 Å². The second kappa shape index (κ2) is 6.56. The van der Waals surface area contributed by atoms with Crippen LogP contribution in [0.25, 0.3) is 5.57 Å². The standard InChI is InChI=1S/C20H20F3NO/c1-13-11-19(15-7-9-16(10-8-15)20(21,22)23)24(14(2)12-25)18-6-4-3-5-17(13)18/h3-11,14,19,25H,12H2,1-2H3/t14?,19-/m0/s1. The molecule has 1 unspecified atom stereocenters. The Morgan fingerprint density at radius 3 is 2.32 bits per heavy atom. The molecule has 1 N–H and O–H groups in total. The number of anilines is 1. The van der Waals surface area contributed by atoms with Gasteiger partial charge in [0.15, 0.2) is 0 Å². The summed E-state index contributed by atoms with van der Waals surface area (Å²) in [4.78, 5) is 2.06. The molecular weight excluding hydrogens is 327 g/mol. The van der Waals surface area contributed by atoms with Gasteiger partial charge in [-0.15, -0.1) is 0 Å². The largest absolute Gasteiger partial charge is 0.416 e. The summed E-state index contributed by atoms with van der Waals surface area (Å²) in [5.74, 6) is 0. The van der Waals surface area contributed by atoms with Crippen LogP contribution in [0.3, 0.4) is 0 Å². The smallest absolute Gasteiger partial charge is 0.394 e. The molecule has 132 valence electrons. The average Bonchev–Trinajstić information content (AvgIpc) is 2.60. The Morgan fingerprint density at radius 1 is 1.08 bits per heavy atom. The summed E-state index contributed by atoms with van der Waals surface area (Å²) in [5, 5.41) is 9.68. The van der Waals surface area contributed by atoms with Gasteiger partial charge < -0.3 is 10.0 Å². The van der Waals surface area contributed by atoms with Crippen molar-refractivity contribution in [1.29, 1.82) is 0 Å². The highest BCUT2D eigenvalue weighted by Crippen LogP contribution is 2.41. The van der Waals surface area contributed by atoms with Crippen LogP contribution in [-0.2, 0) is 6.18 Å². The molecule has 0 amide bonds. The highest BCUT2D eigenvalue weighted by Gasteiger charge is 2.32. The van der Waals surface area contributed by atoms with Crippen LogP contribution >= 0.6 is 0 Å². The SMILES string of the molecule is CC1=C[C@@H](c2ccc(C(F)(F)F)cc2)N(C(C)CO)c2ccccc21. The molecule has 0 aliphatic carbocycles. The van der Waals surface area contributed by atoms with E-state index in [1.54, 1.807) is 0 Å². The molecule has 1 aliphatic heterocycles. The van der Waals surface area contributed by atoms with Crippen LogP contribution in [0.1, 0.15) is 36.6 Å². The van der Waals surface area contributed by atoms with E-state index in [0.717, 1.165) is 34.5 Å². The monoisotopic (exact) mass is 347 g/mol. The van der Waals surface area contributed by atoms with Gasteiger partial charge in [-0.05, 0) is 43.2 Å². The van der Waals surface area contributed by atoms with Crippen LogP contribution in [0.15, 0.2) is 54.6 Å². The Labute approximate surface area is 145 Å². The first kappa shape index (κ1) is 17.5. The molecule has 0 saturated carbocycles. The zero-order valence-electron chi connectivity index (χ0n) is 14.1. The number of rotatable bonds is 3. The number of aliphatic hydroxyl groups excluding tert-OH is 1. The van der Waals surface area contributed by atoms with Crippen LogP contribution in [0.4, 0.5) is 18.9 Å². The van der Waals surface area contributed by atoms with Gasteiger partial charge in [0, 0.05) is 11.3 Å². The Hall–Kier alpha value is -2.27. The van der Waals surface area contributed by atoms with Crippen molar-refractivity contribution in [2.24, 2.45) is 0 Å². The first-order chi connectivity index (χ1) is 11.8. The summed E-state index contributed by atoms with van der Waals surface area (Å²) in [5.41, 5.74) is 3.24. The molecule has 0 bridgehead atoms. The molecule has 0 fully saturated rings. The van der Waals surface area contributed by atoms with Gasteiger partial charge in [0.05, 0.1) is 24.3 Å². The van der Waals surface area contributed by atoms with Gasteiger partial charge in [0.1, 0.15) is 0 Å². The van der Waals surface area contributed by atoms with Gasteiger partial charge in [-0.25, -0.2) is 0 Å². The fourth-order valence-corrected chi connectivity index (χ4v) is 3.31. The minimum atomic E-state index is -4.35. The molecule has 3 rings (SSSR count). The van der Waals surface area contributed by atoms with Crippen LogP contribution < -0.4 is 4.90 Å². The van der Waals surface area contributed by atoms with Gasteiger partial charge in [-0.1, -0.05) is 36.4 Å². The zero-order valence-corrected chi connectivity index (χ0v) is 14.1. The number of hydrogen-bond acceptors (Lipinski definition) is 2. The number of aliphatic hydroxyl groups is 1. The molecule has 0 aromatic heterocycles. The van der Waals surface area contributed by atoms with Crippen molar-refractivity contribution in [2.45, 2.75) is 32.1 Å². The van der Waals surface area contributed by atoms with Crippen LogP contribution in [0, 0.1) is 0 Å². The maximum Gasteiger partial charge on any atom is 0.416 e. The second-order valence-electron chi connectivity index (χ2n) is 6.37. The Kier molecular flexibility index (Phi) is 4.60. The number of allylic oxidation sites excluding steroid dienone is 1. The third-order valence-electron chi connectivity index (χ3n) is 4.63.